The number of aromatic nitrogens is 2. The van der Waals surface area contributed by atoms with E-state index in [0.717, 1.165) is 16.3 Å². The van der Waals surface area contributed by atoms with E-state index in [9.17, 15) is 0 Å². The van der Waals surface area contributed by atoms with E-state index < -0.39 is 0 Å². The van der Waals surface area contributed by atoms with Crippen molar-refractivity contribution >= 4 is 37.7 Å². The first-order valence-corrected chi connectivity index (χ1v) is 12.7. The van der Waals surface area contributed by atoms with Crippen LogP contribution in [0, 0.1) is 18.8 Å². The van der Waals surface area contributed by atoms with E-state index in [4.69, 9.17) is 9.97 Å². The summed E-state index contributed by atoms with van der Waals surface area (Å²) >= 11 is 3.77. The molecular formula is C29H27BrN2. The molecule has 2 unspecified atom stereocenters. The van der Waals surface area contributed by atoms with Crippen molar-refractivity contribution < 1.29 is 0 Å². The molecule has 3 heteroatoms. The van der Waals surface area contributed by atoms with Gasteiger partial charge < -0.3 is 0 Å². The Kier molecular flexibility index (Phi) is 3.99. The molecule has 2 atom stereocenters. The molecule has 0 aliphatic heterocycles. The highest BCUT2D eigenvalue weighted by molar-refractivity contribution is 9.10. The fourth-order valence-electron chi connectivity index (χ4n) is 8.20. The SMILES string of the molecule is Cc1ccc(C23CC4CC(C2)CC(c2ccc(Br)c5cccnc25)(C4)C3)c2ncccc12. The van der Waals surface area contributed by atoms with Gasteiger partial charge >= 0.3 is 0 Å². The number of hydrogen-bond acceptors (Lipinski definition) is 2. The van der Waals surface area contributed by atoms with E-state index in [2.05, 4.69) is 71.4 Å². The van der Waals surface area contributed by atoms with E-state index in [1.165, 1.54) is 77.0 Å². The summed E-state index contributed by atoms with van der Waals surface area (Å²) < 4.78 is 1.15. The van der Waals surface area contributed by atoms with Gasteiger partial charge in [-0.2, -0.15) is 0 Å². The quantitative estimate of drug-likeness (QED) is 0.293. The summed E-state index contributed by atoms with van der Waals surface area (Å²) in [5.41, 5.74) is 7.22. The third-order valence-electron chi connectivity index (χ3n) is 8.91. The van der Waals surface area contributed by atoms with Gasteiger partial charge in [0.1, 0.15) is 0 Å². The monoisotopic (exact) mass is 482 g/mol. The van der Waals surface area contributed by atoms with Crippen LogP contribution in [-0.2, 0) is 10.8 Å². The molecule has 0 spiro atoms. The second kappa shape index (κ2) is 6.63. The summed E-state index contributed by atoms with van der Waals surface area (Å²) in [6, 6.07) is 18.0. The third-order valence-corrected chi connectivity index (χ3v) is 9.60. The Bertz CT molecular complexity index is 1270. The lowest BCUT2D eigenvalue weighted by molar-refractivity contribution is -0.0270. The van der Waals surface area contributed by atoms with Gasteiger partial charge in [-0.3, -0.25) is 9.97 Å². The largest absolute Gasteiger partial charge is 0.256 e. The molecule has 32 heavy (non-hydrogen) atoms. The van der Waals surface area contributed by atoms with Gasteiger partial charge in [0.15, 0.2) is 0 Å². The van der Waals surface area contributed by atoms with Crippen LogP contribution in [-0.4, -0.2) is 9.97 Å². The Morgan fingerprint density at radius 3 is 1.97 bits per heavy atom. The first-order valence-electron chi connectivity index (χ1n) is 12.0. The van der Waals surface area contributed by atoms with Gasteiger partial charge in [0.25, 0.3) is 0 Å². The normalized spacial score (nSPS) is 30.9. The Morgan fingerprint density at radius 1 is 0.750 bits per heavy atom. The molecule has 4 aliphatic carbocycles. The molecular weight excluding hydrogens is 456 g/mol. The minimum Gasteiger partial charge on any atom is -0.256 e. The Labute approximate surface area is 197 Å². The van der Waals surface area contributed by atoms with Crippen LogP contribution in [0.15, 0.2) is 65.4 Å². The third kappa shape index (κ3) is 2.58. The lowest BCUT2D eigenvalue weighted by atomic mass is 9.41. The smallest absolute Gasteiger partial charge is 0.0750 e. The number of aryl methyl sites for hydroxylation is 1. The Morgan fingerprint density at radius 2 is 1.31 bits per heavy atom. The topological polar surface area (TPSA) is 25.8 Å². The van der Waals surface area contributed by atoms with Crippen molar-refractivity contribution in [1.29, 1.82) is 0 Å². The molecule has 0 N–H and O–H groups in total. The van der Waals surface area contributed by atoms with Crippen LogP contribution in [0.3, 0.4) is 0 Å². The van der Waals surface area contributed by atoms with Gasteiger partial charge in [-0.05, 0) is 103 Å². The second-order valence-electron chi connectivity index (χ2n) is 10.8. The Balaban J connectivity index is 1.45. The molecule has 2 aromatic carbocycles. The zero-order valence-corrected chi connectivity index (χ0v) is 20.0. The summed E-state index contributed by atoms with van der Waals surface area (Å²) in [6.45, 7) is 2.22. The molecule has 2 aromatic heterocycles. The van der Waals surface area contributed by atoms with E-state index in [1.54, 1.807) is 0 Å². The molecule has 0 saturated heterocycles. The van der Waals surface area contributed by atoms with Gasteiger partial charge in [0.2, 0.25) is 0 Å². The van der Waals surface area contributed by atoms with E-state index in [0.29, 0.717) is 0 Å². The van der Waals surface area contributed by atoms with Crippen molar-refractivity contribution in [1.82, 2.24) is 9.97 Å². The zero-order valence-electron chi connectivity index (χ0n) is 18.4. The number of hydrogen-bond donors (Lipinski definition) is 0. The number of rotatable bonds is 2. The lowest BCUT2D eigenvalue weighted by Gasteiger charge is -2.63. The molecule has 2 nitrogen and oxygen atoms in total. The van der Waals surface area contributed by atoms with Gasteiger partial charge in [0.05, 0.1) is 11.0 Å². The van der Waals surface area contributed by atoms with Gasteiger partial charge in [0, 0.05) is 27.6 Å². The van der Waals surface area contributed by atoms with Crippen molar-refractivity contribution in [2.75, 3.05) is 0 Å². The molecule has 8 rings (SSSR count). The summed E-state index contributed by atoms with van der Waals surface area (Å²) in [5.74, 6) is 1.61. The molecule has 0 amide bonds. The van der Waals surface area contributed by atoms with Crippen LogP contribution in [0.1, 0.15) is 55.2 Å². The van der Waals surface area contributed by atoms with Gasteiger partial charge in [-0.25, -0.2) is 0 Å². The Hall–Kier alpha value is -2.26. The van der Waals surface area contributed by atoms with Crippen molar-refractivity contribution in [2.45, 2.75) is 56.3 Å². The van der Waals surface area contributed by atoms with Crippen molar-refractivity contribution in [2.24, 2.45) is 11.8 Å². The standard InChI is InChI=1S/C29H27BrN2/c1-18-6-7-23(26-21(18)4-2-10-31-26)28-13-19-12-20(14-28)16-29(15-19,17-28)24-8-9-25(30)22-5-3-11-32-27(22)24/h2-11,19-20H,12-17H2,1H3. The van der Waals surface area contributed by atoms with Gasteiger partial charge in [-0.1, -0.05) is 46.3 Å². The second-order valence-corrected chi connectivity index (χ2v) is 11.7. The van der Waals surface area contributed by atoms with E-state index >= 15 is 0 Å². The zero-order chi connectivity index (χ0) is 21.5. The van der Waals surface area contributed by atoms with Crippen LogP contribution in [0.4, 0.5) is 0 Å². The molecule has 4 bridgehead atoms. The highest BCUT2D eigenvalue weighted by Crippen LogP contribution is 2.67. The summed E-state index contributed by atoms with van der Waals surface area (Å²) in [7, 11) is 0. The molecule has 4 aliphatic rings. The first-order chi connectivity index (χ1) is 15.6. The van der Waals surface area contributed by atoms with Gasteiger partial charge in [-0.15, -0.1) is 0 Å². The van der Waals surface area contributed by atoms with Crippen molar-refractivity contribution in [3.05, 3.63) is 82.1 Å². The lowest BCUT2D eigenvalue weighted by Crippen LogP contribution is -2.56. The van der Waals surface area contributed by atoms with E-state index in [1.807, 2.05) is 12.4 Å². The number of halogens is 1. The maximum Gasteiger partial charge on any atom is 0.0750 e. The highest BCUT2D eigenvalue weighted by Gasteiger charge is 2.59. The average Bonchev–Trinajstić information content (AvgIpc) is 2.79. The number of nitrogens with zero attached hydrogens (tertiary/aromatic N) is 2. The fourth-order valence-corrected chi connectivity index (χ4v) is 8.65. The summed E-state index contributed by atoms with van der Waals surface area (Å²) in [5, 5.41) is 2.57. The minimum atomic E-state index is 0.226. The molecule has 4 aromatic rings. The number of benzene rings is 2. The summed E-state index contributed by atoms with van der Waals surface area (Å²) in [6.07, 6.45) is 11.9. The highest BCUT2D eigenvalue weighted by atomic mass is 79.9. The van der Waals surface area contributed by atoms with E-state index in [-0.39, 0.29) is 10.8 Å². The predicted octanol–water partition coefficient (Wildman–Crippen LogP) is 7.64. The predicted molar refractivity (Wildman–Crippen MR) is 134 cm³/mol. The van der Waals surface area contributed by atoms with Crippen LogP contribution in [0.25, 0.3) is 21.8 Å². The summed E-state index contributed by atoms with van der Waals surface area (Å²) in [4.78, 5) is 9.85. The average molecular weight is 483 g/mol. The first kappa shape index (κ1) is 19.2. The van der Waals surface area contributed by atoms with Crippen LogP contribution in [0.5, 0.6) is 0 Å². The molecule has 2 heterocycles. The minimum absolute atomic E-state index is 0.226. The maximum absolute atomic E-state index is 4.94. The molecule has 0 radical (unpaired) electrons. The van der Waals surface area contributed by atoms with Crippen molar-refractivity contribution in [3.8, 4) is 0 Å². The maximum atomic E-state index is 4.94. The number of pyridine rings is 2. The van der Waals surface area contributed by atoms with Crippen LogP contribution in [0.2, 0.25) is 0 Å². The molecule has 4 saturated carbocycles. The molecule has 160 valence electrons. The van der Waals surface area contributed by atoms with Crippen molar-refractivity contribution in [3.63, 3.8) is 0 Å². The number of fused-ring (bicyclic) bond motifs is 2. The molecule has 4 fully saturated rings. The van der Waals surface area contributed by atoms with Crippen LogP contribution >= 0.6 is 15.9 Å². The fraction of sp³-hybridized carbons (Fsp3) is 0.379. The van der Waals surface area contributed by atoms with Crippen LogP contribution < -0.4 is 0 Å².